The number of amides is 1. The van der Waals surface area contributed by atoms with Crippen LogP contribution in [-0.4, -0.2) is 50.2 Å². The lowest BCUT2D eigenvalue weighted by atomic mass is 10.2. The molecule has 1 rings (SSSR count). The summed E-state index contributed by atoms with van der Waals surface area (Å²) < 4.78 is 5.43. The highest BCUT2D eigenvalue weighted by Gasteiger charge is 2.19. The number of carbonyl (C=O) groups excluding carboxylic acids is 1. The van der Waals surface area contributed by atoms with Gasteiger partial charge in [-0.2, -0.15) is 5.26 Å². The van der Waals surface area contributed by atoms with Gasteiger partial charge >= 0.3 is 0 Å². The minimum atomic E-state index is -0.0178. The van der Waals surface area contributed by atoms with Gasteiger partial charge in [0.15, 0.2) is 0 Å². The molecular weight excluding hydrogens is 194 g/mol. The molecule has 5 heteroatoms. The van der Waals surface area contributed by atoms with Crippen LogP contribution in [0.2, 0.25) is 0 Å². The number of rotatable bonds is 4. The van der Waals surface area contributed by atoms with Gasteiger partial charge in [-0.3, -0.25) is 4.79 Å². The third-order valence-corrected chi connectivity index (χ3v) is 2.39. The predicted molar refractivity (Wildman–Crippen MR) is 55.1 cm³/mol. The number of nitrogens with zero attached hydrogens (tertiary/aromatic N) is 2. The molecule has 1 N–H and O–H groups in total. The summed E-state index contributed by atoms with van der Waals surface area (Å²) in [6.07, 6.45) is 0.761. The first-order valence-corrected chi connectivity index (χ1v) is 5.17. The Kier molecular flexibility index (Phi) is 5.08. The van der Waals surface area contributed by atoms with E-state index >= 15 is 0 Å². The van der Waals surface area contributed by atoms with Crippen LogP contribution in [0, 0.1) is 11.3 Å². The van der Waals surface area contributed by atoms with Gasteiger partial charge in [-0.1, -0.05) is 0 Å². The lowest BCUT2D eigenvalue weighted by Crippen LogP contribution is -2.41. The Hall–Kier alpha value is -1.12. The van der Waals surface area contributed by atoms with Crippen LogP contribution < -0.4 is 5.32 Å². The predicted octanol–water partition coefficient (Wildman–Crippen LogP) is -0.263. The maximum atomic E-state index is 11.6. The van der Waals surface area contributed by atoms with Crippen LogP contribution in [0.4, 0.5) is 0 Å². The van der Waals surface area contributed by atoms with E-state index in [2.05, 4.69) is 5.32 Å². The minimum Gasteiger partial charge on any atom is -0.375 e. The zero-order valence-electron chi connectivity index (χ0n) is 9.03. The monoisotopic (exact) mass is 211 g/mol. The number of hydrogen-bond donors (Lipinski definition) is 1. The molecule has 15 heavy (non-hydrogen) atoms. The Morgan fingerprint density at radius 2 is 2.53 bits per heavy atom. The summed E-state index contributed by atoms with van der Waals surface area (Å²) >= 11 is 0. The third kappa shape index (κ3) is 4.28. The third-order valence-electron chi connectivity index (χ3n) is 2.39. The van der Waals surface area contributed by atoms with Crippen molar-refractivity contribution in [3.05, 3.63) is 0 Å². The molecule has 1 heterocycles. The van der Waals surface area contributed by atoms with Crippen LogP contribution in [0.5, 0.6) is 0 Å². The maximum Gasteiger partial charge on any atom is 0.225 e. The van der Waals surface area contributed by atoms with Crippen LogP contribution >= 0.6 is 0 Å². The largest absolute Gasteiger partial charge is 0.375 e. The van der Waals surface area contributed by atoms with E-state index in [4.69, 9.17) is 10.00 Å². The van der Waals surface area contributed by atoms with Gasteiger partial charge in [-0.25, -0.2) is 0 Å². The second-order valence-electron chi connectivity index (χ2n) is 3.62. The number of nitriles is 1. The summed E-state index contributed by atoms with van der Waals surface area (Å²) in [5.41, 5.74) is 0. The van der Waals surface area contributed by atoms with Gasteiger partial charge in [0.05, 0.1) is 31.6 Å². The van der Waals surface area contributed by atoms with E-state index in [1.807, 2.05) is 6.07 Å². The lowest BCUT2D eigenvalue weighted by molar-refractivity contribution is -0.133. The Labute approximate surface area is 90.0 Å². The van der Waals surface area contributed by atoms with Crippen molar-refractivity contribution in [2.45, 2.75) is 18.9 Å². The number of ether oxygens (including phenoxy) is 1. The van der Waals surface area contributed by atoms with E-state index in [1.54, 1.807) is 11.9 Å². The van der Waals surface area contributed by atoms with Gasteiger partial charge in [-0.15, -0.1) is 0 Å². The molecule has 84 valence electrons. The van der Waals surface area contributed by atoms with Crippen molar-refractivity contribution in [2.24, 2.45) is 0 Å². The first kappa shape index (κ1) is 12.0. The average Bonchev–Trinajstić information content (AvgIpc) is 2.27. The standard InChI is InChI=1S/C10H17N3O2/c1-13(5-2-3-11)10(14)7-9-8-12-4-6-15-9/h9,12H,2,4-8H2,1H3. The van der Waals surface area contributed by atoms with E-state index in [0.29, 0.717) is 26.0 Å². The highest BCUT2D eigenvalue weighted by atomic mass is 16.5. The zero-order chi connectivity index (χ0) is 11.1. The van der Waals surface area contributed by atoms with Crippen molar-refractivity contribution in [1.29, 1.82) is 5.26 Å². The maximum absolute atomic E-state index is 11.6. The van der Waals surface area contributed by atoms with Gasteiger partial charge in [0.1, 0.15) is 0 Å². The van der Waals surface area contributed by atoms with E-state index in [-0.39, 0.29) is 12.0 Å². The Balaban J connectivity index is 2.24. The molecule has 5 nitrogen and oxygen atoms in total. The zero-order valence-corrected chi connectivity index (χ0v) is 9.03. The molecule has 1 aliphatic heterocycles. The molecule has 1 fully saturated rings. The molecule has 1 amide bonds. The van der Waals surface area contributed by atoms with Gasteiger partial charge in [-0.05, 0) is 0 Å². The summed E-state index contributed by atoms with van der Waals surface area (Å²) in [5, 5.41) is 11.6. The molecule has 1 atom stereocenters. The number of nitrogens with one attached hydrogen (secondary N) is 1. The SMILES string of the molecule is CN(CCC#N)C(=O)CC1CNCCO1. The summed E-state index contributed by atoms with van der Waals surface area (Å²) in [4.78, 5) is 13.2. The highest BCUT2D eigenvalue weighted by Crippen LogP contribution is 2.04. The van der Waals surface area contributed by atoms with E-state index in [0.717, 1.165) is 13.1 Å². The molecule has 0 radical (unpaired) electrons. The van der Waals surface area contributed by atoms with Crippen molar-refractivity contribution >= 4 is 5.91 Å². The van der Waals surface area contributed by atoms with Crippen LogP contribution in [0.3, 0.4) is 0 Å². The van der Waals surface area contributed by atoms with Crippen LogP contribution in [0.1, 0.15) is 12.8 Å². The topological polar surface area (TPSA) is 65.4 Å². The van der Waals surface area contributed by atoms with Gasteiger partial charge < -0.3 is 15.0 Å². The Morgan fingerprint density at radius 1 is 1.73 bits per heavy atom. The molecular formula is C10H17N3O2. The Morgan fingerprint density at radius 3 is 3.13 bits per heavy atom. The summed E-state index contributed by atoms with van der Waals surface area (Å²) in [7, 11) is 1.72. The van der Waals surface area contributed by atoms with Crippen molar-refractivity contribution < 1.29 is 9.53 Å². The molecule has 0 aromatic rings. The second kappa shape index (κ2) is 6.38. The minimum absolute atomic E-state index is 0.0178. The molecule has 0 aromatic heterocycles. The molecule has 0 saturated carbocycles. The highest BCUT2D eigenvalue weighted by molar-refractivity contribution is 5.76. The van der Waals surface area contributed by atoms with Gasteiger partial charge in [0.25, 0.3) is 0 Å². The number of carbonyl (C=O) groups is 1. The fraction of sp³-hybridized carbons (Fsp3) is 0.800. The fourth-order valence-corrected chi connectivity index (χ4v) is 1.44. The first-order valence-electron chi connectivity index (χ1n) is 5.17. The van der Waals surface area contributed by atoms with Crippen molar-refractivity contribution in [3.63, 3.8) is 0 Å². The van der Waals surface area contributed by atoms with E-state index < -0.39 is 0 Å². The fourth-order valence-electron chi connectivity index (χ4n) is 1.44. The Bertz CT molecular complexity index is 244. The number of morpholine rings is 1. The van der Waals surface area contributed by atoms with Crippen LogP contribution in [0.15, 0.2) is 0 Å². The van der Waals surface area contributed by atoms with Crippen LogP contribution in [-0.2, 0) is 9.53 Å². The molecule has 0 aromatic carbocycles. The molecule has 1 unspecified atom stereocenters. The molecule has 1 aliphatic rings. The van der Waals surface area contributed by atoms with Crippen LogP contribution in [0.25, 0.3) is 0 Å². The van der Waals surface area contributed by atoms with Crippen molar-refractivity contribution in [2.75, 3.05) is 33.3 Å². The lowest BCUT2D eigenvalue weighted by Gasteiger charge is -2.25. The quantitative estimate of drug-likeness (QED) is 0.695. The summed E-state index contributed by atoms with van der Waals surface area (Å²) in [6, 6.07) is 2.02. The van der Waals surface area contributed by atoms with Gasteiger partial charge in [0, 0.05) is 26.7 Å². The average molecular weight is 211 g/mol. The van der Waals surface area contributed by atoms with Crippen molar-refractivity contribution in [3.8, 4) is 6.07 Å². The molecule has 0 aliphatic carbocycles. The molecule has 0 spiro atoms. The normalized spacial score (nSPS) is 20.7. The second-order valence-corrected chi connectivity index (χ2v) is 3.62. The first-order chi connectivity index (χ1) is 7.24. The van der Waals surface area contributed by atoms with E-state index in [1.165, 1.54) is 0 Å². The summed E-state index contributed by atoms with van der Waals surface area (Å²) in [6.45, 7) is 2.75. The number of hydrogen-bond acceptors (Lipinski definition) is 4. The van der Waals surface area contributed by atoms with Gasteiger partial charge in [0.2, 0.25) is 5.91 Å². The van der Waals surface area contributed by atoms with Crippen molar-refractivity contribution in [1.82, 2.24) is 10.2 Å². The summed E-state index contributed by atoms with van der Waals surface area (Å²) in [5.74, 6) is 0.0407. The van der Waals surface area contributed by atoms with E-state index in [9.17, 15) is 4.79 Å². The molecule has 1 saturated heterocycles. The molecule has 0 bridgehead atoms. The smallest absolute Gasteiger partial charge is 0.225 e.